The monoisotopic (exact) mass is 321 g/mol. The molecule has 0 aliphatic carbocycles. The van der Waals surface area contributed by atoms with Crippen molar-refractivity contribution in [2.24, 2.45) is 0 Å². The molecule has 6 heteroatoms. The summed E-state index contributed by atoms with van der Waals surface area (Å²) in [5.74, 6) is 0.342. The number of amides is 1. The molecule has 0 aliphatic heterocycles. The molecule has 0 radical (unpaired) electrons. The smallest absolute Gasteiger partial charge is 0.226 e. The van der Waals surface area contributed by atoms with Crippen LogP contribution in [0.1, 0.15) is 37.3 Å². The second-order valence-corrected chi connectivity index (χ2v) is 6.04. The molecule has 0 unspecified atom stereocenters. The van der Waals surface area contributed by atoms with Crippen molar-refractivity contribution in [1.29, 1.82) is 0 Å². The Bertz CT molecular complexity index is 680. The van der Waals surface area contributed by atoms with Crippen molar-refractivity contribution >= 4 is 23.2 Å². The number of nitrogens with zero attached hydrogens (tertiary/aromatic N) is 2. The van der Waals surface area contributed by atoms with Gasteiger partial charge in [-0.3, -0.25) is 9.48 Å². The minimum atomic E-state index is -0.102. The second kappa shape index (κ2) is 6.83. The van der Waals surface area contributed by atoms with Gasteiger partial charge in [-0.1, -0.05) is 25.4 Å². The van der Waals surface area contributed by atoms with E-state index in [4.69, 9.17) is 11.6 Å². The van der Waals surface area contributed by atoms with Crippen molar-refractivity contribution in [3.63, 3.8) is 0 Å². The second-order valence-electron chi connectivity index (χ2n) is 5.60. The van der Waals surface area contributed by atoms with E-state index >= 15 is 0 Å². The number of aromatic hydroxyl groups is 1. The molecule has 0 bridgehead atoms. The first kappa shape index (κ1) is 16.4. The number of carbonyl (C=O) groups excluding carboxylic acids is 1. The number of anilines is 1. The highest BCUT2D eigenvalue weighted by Crippen LogP contribution is 2.31. The summed E-state index contributed by atoms with van der Waals surface area (Å²) < 4.78 is 1.63. The molecule has 0 aliphatic rings. The fraction of sp³-hybridized carbons (Fsp3) is 0.375. The van der Waals surface area contributed by atoms with E-state index in [2.05, 4.69) is 10.4 Å². The fourth-order valence-electron chi connectivity index (χ4n) is 2.20. The van der Waals surface area contributed by atoms with Crippen LogP contribution < -0.4 is 5.32 Å². The number of hydrogen-bond acceptors (Lipinski definition) is 3. The number of nitrogens with one attached hydrogen (secondary N) is 1. The molecule has 0 saturated heterocycles. The number of aromatic nitrogens is 2. The average molecular weight is 322 g/mol. The van der Waals surface area contributed by atoms with Crippen LogP contribution in [0.15, 0.2) is 24.5 Å². The minimum Gasteiger partial charge on any atom is -0.508 e. The summed E-state index contributed by atoms with van der Waals surface area (Å²) in [5, 5.41) is 17.4. The Kier molecular flexibility index (Phi) is 5.08. The van der Waals surface area contributed by atoms with Crippen LogP contribution in [0.25, 0.3) is 0 Å². The van der Waals surface area contributed by atoms with Crippen LogP contribution >= 0.6 is 11.6 Å². The highest BCUT2D eigenvalue weighted by molar-refractivity contribution is 6.30. The van der Waals surface area contributed by atoms with E-state index in [9.17, 15) is 9.90 Å². The standard InChI is InChI=1S/C16H20ClN3O2/c1-10(2)13-7-14(11(3)6-15(13)21)19-16(22)4-5-20-9-12(17)8-18-20/h6-10,21H,4-5H2,1-3H3,(H,19,22). The lowest BCUT2D eigenvalue weighted by Crippen LogP contribution is -2.15. The van der Waals surface area contributed by atoms with Gasteiger partial charge in [-0.2, -0.15) is 5.10 Å². The van der Waals surface area contributed by atoms with Crippen LogP contribution in [0.2, 0.25) is 5.02 Å². The van der Waals surface area contributed by atoms with E-state index in [0.717, 1.165) is 16.8 Å². The van der Waals surface area contributed by atoms with Crippen molar-refractivity contribution in [2.75, 3.05) is 5.32 Å². The Balaban J connectivity index is 2.03. The topological polar surface area (TPSA) is 67.2 Å². The van der Waals surface area contributed by atoms with E-state index in [1.54, 1.807) is 23.1 Å². The molecule has 0 atom stereocenters. The summed E-state index contributed by atoms with van der Waals surface area (Å²) in [4.78, 5) is 12.1. The van der Waals surface area contributed by atoms with Crippen molar-refractivity contribution in [3.8, 4) is 5.75 Å². The summed E-state index contributed by atoms with van der Waals surface area (Å²) in [6.45, 7) is 6.31. The molecule has 1 aromatic carbocycles. The van der Waals surface area contributed by atoms with E-state index in [1.807, 2.05) is 26.8 Å². The fourth-order valence-corrected chi connectivity index (χ4v) is 2.35. The lowest BCUT2D eigenvalue weighted by molar-refractivity contribution is -0.116. The summed E-state index contributed by atoms with van der Waals surface area (Å²) in [6, 6.07) is 3.51. The first-order chi connectivity index (χ1) is 10.4. The van der Waals surface area contributed by atoms with Crippen LogP contribution in [-0.2, 0) is 11.3 Å². The molecular formula is C16H20ClN3O2. The predicted octanol–water partition coefficient (Wildman–Crippen LogP) is 3.70. The third-order valence-corrected chi connectivity index (χ3v) is 3.63. The first-order valence-corrected chi connectivity index (χ1v) is 7.56. The van der Waals surface area contributed by atoms with Gasteiger partial charge in [0.1, 0.15) is 5.75 Å². The molecular weight excluding hydrogens is 302 g/mol. The third-order valence-electron chi connectivity index (χ3n) is 3.44. The maximum absolute atomic E-state index is 12.1. The van der Waals surface area contributed by atoms with Crippen LogP contribution in [0.5, 0.6) is 5.75 Å². The van der Waals surface area contributed by atoms with Gasteiger partial charge in [-0.05, 0) is 36.1 Å². The highest BCUT2D eigenvalue weighted by atomic mass is 35.5. The van der Waals surface area contributed by atoms with Gasteiger partial charge in [-0.25, -0.2) is 0 Å². The molecule has 2 rings (SSSR count). The van der Waals surface area contributed by atoms with Gasteiger partial charge < -0.3 is 10.4 Å². The molecule has 0 saturated carbocycles. The number of phenols is 1. The Labute approximate surface area is 134 Å². The summed E-state index contributed by atoms with van der Waals surface area (Å²) in [7, 11) is 0. The van der Waals surface area contributed by atoms with Crippen molar-refractivity contribution in [3.05, 3.63) is 40.7 Å². The van der Waals surface area contributed by atoms with Gasteiger partial charge in [0.25, 0.3) is 0 Å². The SMILES string of the molecule is Cc1cc(O)c(C(C)C)cc1NC(=O)CCn1cc(Cl)cn1. The van der Waals surface area contributed by atoms with Crippen molar-refractivity contribution < 1.29 is 9.90 Å². The number of rotatable bonds is 5. The molecule has 2 N–H and O–H groups in total. The zero-order valence-corrected chi connectivity index (χ0v) is 13.7. The lowest BCUT2D eigenvalue weighted by atomic mass is 9.99. The zero-order valence-electron chi connectivity index (χ0n) is 12.9. The van der Waals surface area contributed by atoms with Crippen LogP contribution in [0.4, 0.5) is 5.69 Å². The summed E-state index contributed by atoms with van der Waals surface area (Å²) in [5.41, 5.74) is 2.38. The van der Waals surface area contributed by atoms with Crippen molar-refractivity contribution in [1.82, 2.24) is 9.78 Å². The lowest BCUT2D eigenvalue weighted by Gasteiger charge is -2.14. The Hall–Kier alpha value is -2.01. The van der Waals surface area contributed by atoms with Gasteiger partial charge in [-0.15, -0.1) is 0 Å². The number of carbonyl (C=O) groups is 1. The number of hydrogen-bond donors (Lipinski definition) is 2. The molecule has 0 spiro atoms. The Morgan fingerprint density at radius 1 is 1.45 bits per heavy atom. The van der Waals surface area contributed by atoms with Crippen LogP contribution in [0.3, 0.4) is 0 Å². The molecule has 1 heterocycles. The summed E-state index contributed by atoms with van der Waals surface area (Å²) in [6.07, 6.45) is 3.52. The van der Waals surface area contributed by atoms with E-state index < -0.39 is 0 Å². The van der Waals surface area contributed by atoms with Crippen molar-refractivity contribution in [2.45, 2.75) is 39.7 Å². The number of benzene rings is 1. The number of aryl methyl sites for hydroxylation is 2. The number of phenolic OH excluding ortho intramolecular Hbond substituents is 1. The maximum atomic E-state index is 12.1. The molecule has 2 aromatic rings. The normalized spacial score (nSPS) is 11.0. The quantitative estimate of drug-likeness (QED) is 0.825. The van der Waals surface area contributed by atoms with Gasteiger partial charge in [0, 0.05) is 24.8 Å². The largest absolute Gasteiger partial charge is 0.508 e. The molecule has 118 valence electrons. The molecule has 1 aromatic heterocycles. The third kappa shape index (κ3) is 4.01. The van der Waals surface area contributed by atoms with E-state index in [0.29, 0.717) is 18.0 Å². The maximum Gasteiger partial charge on any atom is 0.226 e. The minimum absolute atomic E-state index is 0.102. The van der Waals surface area contributed by atoms with Crippen LogP contribution in [0, 0.1) is 6.92 Å². The predicted molar refractivity (Wildman–Crippen MR) is 87.4 cm³/mol. The Morgan fingerprint density at radius 3 is 2.77 bits per heavy atom. The first-order valence-electron chi connectivity index (χ1n) is 7.18. The zero-order chi connectivity index (χ0) is 16.3. The average Bonchev–Trinajstić information content (AvgIpc) is 2.85. The van der Waals surface area contributed by atoms with Gasteiger partial charge in [0.05, 0.1) is 11.2 Å². The highest BCUT2D eigenvalue weighted by Gasteiger charge is 2.12. The van der Waals surface area contributed by atoms with E-state index in [1.165, 1.54) is 0 Å². The molecule has 0 fully saturated rings. The number of halogens is 1. The Morgan fingerprint density at radius 2 is 2.18 bits per heavy atom. The van der Waals surface area contributed by atoms with Crippen LogP contribution in [-0.4, -0.2) is 20.8 Å². The van der Waals surface area contributed by atoms with E-state index in [-0.39, 0.29) is 17.6 Å². The van der Waals surface area contributed by atoms with Gasteiger partial charge in [0.15, 0.2) is 0 Å². The molecule has 22 heavy (non-hydrogen) atoms. The van der Waals surface area contributed by atoms with Gasteiger partial charge in [0.2, 0.25) is 5.91 Å². The summed E-state index contributed by atoms with van der Waals surface area (Å²) >= 11 is 5.78. The molecule has 1 amide bonds. The molecule has 5 nitrogen and oxygen atoms in total. The van der Waals surface area contributed by atoms with Gasteiger partial charge >= 0.3 is 0 Å².